The molecule has 0 unspecified atom stereocenters. The van der Waals surface area contributed by atoms with Gasteiger partial charge in [-0.25, -0.2) is 0 Å². The van der Waals surface area contributed by atoms with Crippen LogP contribution >= 0.6 is 23.2 Å². The average Bonchev–Trinajstić information content (AvgIpc) is 2.53. The second kappa shape index (κ2) is 9.78. The van der Waals surface area contributed by atoms with Gasteiger partial charge in [-0.2, -0.15) is 0 Å². The molecule has 0 fully saturated rings. The normalized spacial score (nSPS) is 11.9. The third-order valence-electron chi connectivity index (χ3n) is 3.52. The van der Waals surface area contributed by atoms with Crippen LogP contribution in [-0.2, 0) is 16.1 Å². The van der Waals surface area contributed by atoms with Crippen molar-refractivity contribution in [3.05, 3.63) is 33.8 Å². The van der Waals surface area contributed by atoms with Crippen LogP contribution in [0.1, 0.15) is 45.6 Å². The van der Waals surface area contributed by atoms with Crippen molar-refractivity contribution in [3.63, 3.8) is 0 Å². The van der Waals surface area contributed by atoms with Gasteiger partial charge in [0, 0.05) is 19.5 Å². The lowest BCUT2D eigenvalue weighted by molar-refractivity contribution is -0.140. The lowest BCUT2D eigenvalue weighted by Gasteiger charge is -2.29. The Kier molecular flexibility index (Phi) is 8.42. The molecular weight excluding hydrogens is 335 g/mol. The Balaban J connectivity index is 2.93. The monoisotopic (exact) mass is 358 g/mol. The molecule has 0 aliphatic carbocycles. The van der Waals surface area contributed by atoms with E-state index >= 15 is 0 Å². The molecule has 0 aliphatic heterocycles. The number of halogens is 2. The van der Waals surface area contributed by atoms with Crippen LogP contribution in [-0.4, -0.2) is 29.3 Å². The van der Waals surface area contributed by atoms with Crippen LogP contribution in [0.25, 0.3) is 0 Å². The number of amides is 2. The Hall–Kier alpha value is -1.26. The standard InChI is InChI=1S/C17H24Cl2N2O2/c1-4-6-16(22)21(12(3)17(23)20-9-5-2)11-13-7-8-14(18)15(19)10-13/h7-8,10,12H,4-6,9,11H2,1-3H3,(H,20,23)/t12-/m0/s1. The van der Waals surface area contributed by atoms with E-state index in [1.807, 2.05) is 19.9 Å². The minimum atomic E-state index is -0.532. The van der Waals surface area contributed by atoms with Crippen LogP contribution in [0.15, 0.2) is 18.2 Å². The van der Waals surface area contributed by atoms with Crippen molar-refractivity contribution in [2.24, 2.45) is 0 Å². The molecule has 0 heterocycles. The van der Waals surface area contributed by atoms with Crippen LogP contribution in [0.2, 0.25) is 10.0 Å². The van der Waals surface area contributed by atoms with Crippen LogP contribution < -0.4 is 5.32 Å². The molecule has 0 aliphatic rings. The van der Waals surface area contributed by atoms with E-state index < -0.39 is 6.04 Å². The molecule has 0 bridgehead atoms. The topological polar surface area (TPSA) is 49.4 Å². The number of nitrogens with one attached hydrogen (secondary N) is 1. The molecule has 1 atom stereocenters. The molecule has 128 valence electrons. The van der Waals surface area contributed by atoms with Gasteiger partial charge in [0.05, 0.1) is 10.0 Å². The van der Waals surface area contributed by atoms with Crippen molar-refractivity contribution in [3.8, 4) is 0 Å². The quantitative estimate of drug-likeness (QED) is 0.762. The van der Waals surface area contributed by atoms with Crippen LogP contribution in [0.5, 0.6) is 0 Å². The van der Waals surface area contributed by atoms with Gasteiger partial charge in [0.2, 0.25) is 11.8 Å². The highest BCUT2D eigenvalue weighted by atomic mass is 35.5. The van der Waals surface area contributed by atoms with Crippen LogP contribution in [0.3, 0.4) is 0 Å². The number of carbonyl (C=O) groups is 2. The van der Waals surface area contributed by atoms with Crippen LogP contribution in [0.4, 0.5) is 0 Å². The first kappa shape index (κ1) is 19.8. The van der Waals surface area contributed by atoms with E-state index in [1.54, 1.807) is 24.0 Å². The number of nitrogens with zero attached hydrogens (tertiary/aromatic N) is 1. The maximum absolute atomic E-state index is 12.4. The minimum absolute atomic E-state index is 0.0438. The lowest BCUT2D eigenvalue weighted by Crippen LogP contribution is -2.47. The summed E-state index contributed by atoms with van der Waals surface area (Å²) in [6, 6.07) is 4.71. The van der Waals surface area contributed by atoms with Crippen molar-refractivity contribution in [2.45, 2.75) is 52.6 Å². The molecule has 1 aromatic carbocycles. The lowest BCUT2D eigenvalue weighted by atomic mass is 10.1. The molecule has 0 radical (unpaired) electrons. The summed E-state index contributed by atoms with van der Waals surface area (Å²) in [4.78, 5) is 26.2. The second-order valence-electron chi connectivity index (χ2n) is 5.49. The van der Waals surface area contributed by atoms with Crippen molar-refractivity contribution < 1.29 is 9.59 Å². The third-order valence-corrected chi connectivity index (χ3v) is 4.26. The molecule has 1 N–H and O–H groups in total. The number of carbonyl (C=O) groups excluding carboxylic acids is 2. The smallest absolute Gasteiger partial charge is 0.242 e. The number of rotatable bonds is 8. The summed E-state index contributed by atoms with van der Waals surface area (Å²) >= 11 is 12.0. The predicted molar refractivity (Wildman–Crippen MR) is 94.7 cm³/mol. The Bertz CT molecular complexity index is 549. The van der Waals surface area contributed by atoms with Gasteiger partial charge in [-0.3, -0.25) is 9.59 Å². The molecule has 4 nitrogen and oxygen atoms in total. The SMILES string of the molecule is CCCNC(=O)[C@H](C)N(Cc1ccc(Cl)c(Cl)c1)C(=O)CCC. The molecular formula is C17H24Cl2N2O2. The zero-order valence-electron chi connectivity index (χ0n) is 13.9. The Morgan fingerprint density at radius 2 is 1.87 bits per heavy atom. The van der Waals surface area contributed by atoms with Gasteiger partial charge in [0.25, 0.3) is 0 Å². The largest absolute Gasteiger partial charge is 0.354 e. The van der Waals surface area contributed by atoms with Crippen molar-refractivity contribution >= 4 is 35.0 Å². The van der Waals surface area contributed by atoms with E-state index in [2.05, 4.69) is 5.32 Å². The van der Waals surface area contributed by atoms with Gasteiger partial charge in [-0.15, -0.1) is 0 Å². The van der Waals surface area contributed by atoms with Crippen molar-refractivity contribution in [1.29, 1.82) is 0 Å². The molecule has 6 heteroatoms. The number of hydrogen-bond acceptors (Lipinski definition) is 2. The van der Waals surface area contributed by atoms with Gasteiger partial charge in [-0.1, -0.05) is 43.1 Å². The molecule has 0 saturated carbocycles. The Morgan fingerprint density at radius 1 is 1.17 bits per heavy atom. The van der Waals surface area contributed by atoms with Gasteiger partial charge < -0.3 is 10.2 Å². The summed E-state index contributed by atoms with van der Waals surface area (Å²) in [7, 11) is 0. The summed E-state index contributed by atoms with van der Waals surface area (Å²) in [5.41, 5.74) is 0.846. The average molecular weight is 359 g/mol. The maximum atomic E-state index is 12.4. The predicted octanol–water partition coefficient (Wildman–Crippen LogP) is 4.04. The Labute approximate surface area is 148 Å². The first-order valence-electron chi connectivity index (χ1n) is 7.91. The zero-order valence-corrected chi connectivity index (χ0v) is 15.4. The van der Waals surface area contributed by atoms with Gasteiger partial charge >= 0.3 is 0 Å². The first-order valence-corrected chi connectivity index (χ1v) is 8.67. The highest BCUT2D eigenvalue weighted by Crippen LogP contribution is 2.24. The summed E-state index contributed by atoms with van der Waals surface area (Å²) in [6.07, 6.45) is 2.00. The van der Waals surface area contributed by atoms with E-state index in [0.29, 0.717) is 29.6 Å². The summed E-state index contributed by atoms with van der Waals surface area (Å²) < 4.78 is 0. The second-order valence-corrected chi connectivity index (χ2v) is 6.30. The highest BCUT2D eigenvalue weighted by molar-refractivity contribution is 6.42. The molecule has 23 heavy (non-hydrogen) atoms. The number of benzene rings is 1. The fourth-order valence-corrected chi connectivity index (χ4v) is 2.49. The van der Waals surface area contributed by atoms with Crippen molar-refractivity contribution in [1.82, 2.24) is 10.2 Å². The van der Waals surface area contributed by atoms with E-state index in [0.717, 1.165) is 18.4 Å². The molecule has 2 amide bonds. The molecule has 1 aromatic rings. The molecule has 0 saturated heterocycles. The van der Waals surface area contributed by atoms with E-state index in [-0.39, 0.29) is 11.8 Å². The maximum Gasteiger partial charge on any atom is 0.242 e. The zero-order chi connectivity index (χ0) is 17.4. The molecule has 0 aromatic heterocycles. The minimum Gasteiger partial charge on any atom is -0.354 e. The van der Waals surface area contributed by atoms with Gasteiger partial charge in [-0.05, 0) is 37.5 Å². The van der Waals surface area contributed by atoms with E-state index in [4.69, 9.17) is 23.2 Å². The first-order chi connectivity index (χ1) is 10.9. The summed E-state index contributed by atoms with van der Waals surface area (Å²) in [5.74, 6) is -0.186. The fraction of sp³-hybridized carbons (Fsp3) is 0.529. The number of hydrogen-bond donors (Lipinski definition) is 1. The van der Waals surface area contributed by atoms with Crippen molar-refractivity contribution in [2.75, 3.05) is 6.54 Å². The molecule has 0 spiro atoms. The van der Waals surface area contributed by atoms with Crippen LogP contribution in [0, 0.1) is 0 Å². The third kappa shape index (κ3) is 6.04. The highest BCUT2D eigenvalue weighted by Gasteiger charge is 2.25. The summed E-state index contributed by atoms with van der Waals surface area (Å²) in [6.45, 7) is 6.61. The van der Waals surface area contributed by atoms with E-state index in [9.17, 15) is 9.59 Å². The fourth-order valence-electron chi connectivity index (χ4n) is 2.17. The molecule has 1 rings (SSSR count). The van der Waals surface area contributed by atoms with Gasteiger partial charge in [0.15, 0.2) is 0 Å². The van der Waals surface area contributed by atoms with E-state index in [1.165, 1.54) is 0 Å². The van der Waals surface area contributed by atoms with Gasteiger partial charge in [0.1, 0.15) is 6.04 Å². The summed E-state index contributed by atoms with van der Waals surface area (Å²) in [5, 5.41) is 3.74. The Morgan fingerprint density at radius 3 is 2.43 bits per heavy atom.